The monoisotopic (exact) mass is 364 g/mol. The molecule has 140 valence electrons. The molecule has 2 aliphatic heterocycles. The predicted octanol–water partition coefficient (Wildman–Crippen LogP) is 2.39. The highest BCUT2D eigenvalue weighted by Gasteiger charge is 2.28. The van der Waals surface area contributed by atoms with Crippen LogP contribution in [-0.2, 0) is 11.8 Å². The molecule has 0 amide bonds. The van der Waals surface area contributed by atoms with Gasteiger partial charge < -0.3 is 19.5 Å². The van der Waals surface area contributed by atoms with E-state index in [1.54, 1.807) is 0 Å². The third-order valence-electron chi connectivity index (χ3n) is 5.57. The molecule has 2 aliphatic rings. The van der Waals surface area contributed by atoms with E-state index in [-0.39, 0.29) is 0 Å². The van der Waals surface area contributed by atoms with Crippen molar-refractivity contribution in [3.8, 4) is 0 Å². The number of likely N-dealkylation sites (tertiary alicyclic amines) is 1. The molecule has 2 atom stereocenters. The first-order valence-corrected chi connectivity index (χ1v) is 10.0. The maximum Gasteiger partial charge on any atom is 0.169 e. The Bertz CT molecular complexity index is 555. The molecule has 0 aromatic carbocycles. The molecule has 5 nitrogen and oxygen atoms in total. The molecule has 0 radical (unpaired) electrons. The maximum atomic E-state index is 5.80. The van der Waals surface area contributed by atoms with Crippen molar-refractivity contribution < 1.29 is 4.74 Å². The van der Waals surface area contributed by atoms with Gasteiger partial charge in [-0.05, 0) is 49.5 Å². The van der Waals surface area contributed by atoms with E-state index >= 15 is 0 Å². The molecule has 3 heterocycles. The average molecular weight is 365 g/mol. The number of morpholine rings is 1. The maximum absolute atomic E-state index is 5.80. The number of ether oxygens (including phenoxy) is 1. The first-order chi connectivity index (χ1) is 12.1. The van der Waals surface area contributed by atoms with Gasteiger partial charge in [-0.15, -0.1) is 0 Å². The predicted molar refractivity (Wildman–Crippen MR) is 106 cm³/mol. The summed E-state index contributed by atoms with van der Waals surface area (Å²) < 4.78 is 7.65. The lowest BCUT2D eigenvalue weighted by atomic mass is 10.0. The highest BCUT2D eigenvalue weighted by molar-refractivity contribution is 7.80. The molecule has 25 heavy (non-hydrogen) atoms. The van der Waals surface area contributed by atoms with E-state index in [1.165, 1.54) is 25.0 Å². The summed E-state index contributed by atoms with van der Waals surface area (Å²) in [4.78, 5) is 4.87. The molecular weight excluding hydrogens is 332 g/mol. The number of hydrogen-bond donors (Lipinski definition) is 1. The van der Waals surface area contributed by atoms with Crippen molar-refractivity contribution >= 4 is 17.3 Å². The van der Waals surface area contributed by atoms with Crippen LogP contribution >= 0.6 is 12.2 Å². The van der Waals surface area contributed by atoms with Crippen LogP contribution in [0.1, 0.15) is 37.9 Å². The molecule has 0 saturated carbocycles. The second-order valence-electron chi connectivity index (χ2n) is 7.41. The Balaban J connectivity index is 1.59. The van der Waals surface area contributed by atoms with Crippen molar-refractivity contribution in [1.82, 2.24) is 19.7 Å². The van der Waals surface area contributed by atoms with Crippen molar-refractivity contribution in [3.05, 3.63) is 24.0 Å². The van der Waals surface area contributed by atoms with Gasteiger partial charge in [-0.25, -0.2) is 0 Å². The fraction of sp³-hybridized carbons (Fsp3) is 0.737. The Morgan fingerprint density at radius 1 is 1.24 bits per heavy atom. The van der Waals surface area contributed by atoms with Crippen LogP contribution < -0.4 is 5.32 Å². The lowest BCUT2D eigenvalue weighted by Crippen LogP contribution is -2.46. The molecule has 0 spiro atoms. The van der Waals surface area contributed by atoms with Gasteiger partial charge in [-0.1, -0.05) is 6.92 Å². The second-order valence-corrected chi connectivity index (χ2v) is 7.80. The Labute approximate surface area is 157 Å². The standard InChI is InChI=1S/C19H32N4OS/c1-16-5-6-18(17-4-3-9-21(17)2)23(10-7-16)19(25)20-8-11-22-12-14-24-15-13-22/h3-4,9,16,18H,5-8,10-15H2,1-2H3,(H,20,25)/t16-,18-/m0/s1. The molecule has 1 N–H and O–H groups in total. The first kappa shape index (κ1) is 18.7. The Hall–Kier alpha value is -1.11. The summed E-state index contributed by atoms with van der Waals surface area (Å²) in [7, 11) is 2.14. The minimum Gasteiger partial charge on any atom is -0.379 e. The molecule has 2 fully saturated rings. The third-order valence-corrected chi connectivity index (χ3v) is 5.94. The van der Waals surface area contributed by atoms with Crippen LogP contribution in [0, 0.1) is 5.92 Å². The van der Waals surface area contributed by atoms with Crippen LogP contribution in [0.15, 0.2) is 18.3 Å². The van der Waals surface area contributed by atoms with E-state index in [9.17, 15) is 0 Å². The van der Waals surface area contributed by atoms with Crippen molar-refractivity contribution in [2.75, 3.05) is 45.9 Å². The van der Waals surface area contributed by atoms with Gasteiger partial charge in [0.2, 0.25) is 0 Å². The smallest absolute Gasteiger partial charge is 0.169 e. The lowest BCUT2D eigenvalue weighted by Gasteiger charge is -2.33. The van der Waals surface area contributed by atoms with E-state index in [2.05, 4.69) is 52.0 Å². The van der Waals surface area contributed by atoms with Crippen LogP contribution in [0.5, 0.6) is 0 Å². The minimum absolute atomic E-state index is 0.383. The molecule has 0 aliphatic carbocycles. The van der Waals surface area contributed by atoms with E-state index in [0.717, 1.165) is 57.0 Å². The number of thiocarbonyl (C=S) groups is 1. The Morgan fingerprint density at radius 3 is 2.76 bits per heavy atom. The van der Waals surface area contributed by atoms with Crippen molar-refractivity contribution in [2.24, 2.45) is 13.0 Å². The molecule has 6 heteroatoms. The van der Waals surface area contributed by atoms with Crippen molar-refractivity contribution in [2.45, 2.75) is 32.2 Å². The lowest BCUT2D eigenvalue weighted by molar-refractivity contribution is 0.0388. The van der Waals surface area contributed by atoms with Gasteiger partial charge >= 0.3 is 0 Å². The van der Waals surface area contributed by atoms with Crippen LogP contribution in [0.2, 0.25) is 0 Å². The van der Waals surface area contributed by atoms with Gasteiger partial charge in [0, 0.05) is 51.7 Å². The Morgan fingerprint density at radius 2 is 2.04 bits per heavy atom. The highest BCUT2D eigenvalue weighted by Crippen LogP contribution is 2.32. The SMILES string of the molecule is C[C@H]1CC[C@@H](c2cccn2C)N(C(=S)NCCN2CCOCC2)CC1. The summed E-state index contributed by atoms with van der Waals surface area (Å²) in [5.41, 5.74) is 1.37. The van der Waals surface area contributed by atoms with E-state index in [0.29, 0.717) is 6.04 Å². The summed E-state index contributed by atoms with van der Waals surface area (Å²) >= 11 is 5.80. The molecule has 1 aromatic rings. The normalized spacial score (nSPS) is 25.6. The zero-order chi connectivity index (χ0) is 17.6. The summed E-state index contributed by atoms with van der Waals surface area (Å²) in [5.74, 6) is 0.768. The minimum atomic E-state index is 0.383. The molecule has 2 saturated heterocycles. The van der Waals surface area contributed by atoms with Crippen LogP contribution in [0.25, 0.3) is 0 Å². The van der Waals surface area contributed by atoms with Crippen LogP contribution in [0.3, 0.4) is 0 Å². The van der Waals surface area contributed by atoms with E-state index in [4.69, 9.17) is 17.0 Å². The second kappa shape index (κ2) is 9.01. The summed E-state index contributed by atoms with van der Waals surface area (Å²) in [6, 6.07) is 4.76. The molecule has 0 unspecified atom stereocenters. The fourth-order valence-corrected chi connectivity index (χ4v) is 4.20. The van der Waals surface area contributed by atoms with Crippen LogP contribution in [0.4, 0.5) is 0 Å². The van der Waals surface area contributed by atoms with Crippen molar-refractivity contribution in [3.63, 3.8) is 0 Å². The van der Waals surface area contributed by atoms with Gasteiger partial charge in [-0.3, -0.25) is 4.90 Å². The highest BCUT2D eigenvalue weighted by atomic mass is 32.1. The number of hydrogen-bond acceptors (Lipinski definition) is 3. The number of rotatable bonds is 4. The number of nitrogens with one attached hydrogen (secondary N) is 1. The van der Waals surface area contributed by atoms with Gasteiger partial charge in [0.1, 0.15) is 0 Å². The van der Waals surface area contributed by atoms with Gasteiger partial charge in [0.05, 0.1) is 19.3 Å². The first-order valence-electron chi connectivity index (χ1n) is 9.61. The average Bonchev–Trinajstić information content (AvgIpc) is 2.94. The molecular formula is C19H32N4OS. The van der Waals surface area contributed by atoms with Gasteiger partial charge in [0.15, 0.2) is 5.11 Å². The summed E-state index contributed by atoms with van der Waals surface area (Å²) in [5, 5.41) is 4.43. The number of nitrogens with zero attached hydrogens (tertiary/aromatic N) is 3. The topological polar surface area (TPSA) is 32.7 Å². The Kier molecular flexibility index (Phi) is 6.73. The van der Waals surface area contributed by atoms with E-state index < -0.39 is 0 Å². The van der Waals surface area contributed by atoms with Crippen molar-refractivity contribution in [1.29, 1.82) is 0 Å². The number of aryl methyl sites for hydroxylation is 1. The molecule has 0 bridgehead atoms. The van der Waals surface area contributed by atoms with Gasteiger partial charge in [0.25, 0.3) is 0 Å². The molecule has 3 rings (SSSR count). The largest absolute Gasteiger partial charge is 0.379 e. The van der Waals surface area contributed by atoms with Crippen LogP contribution in [-0.4, -0.2) is 65.4 Å². The number of aromatic nitrogens is 1. The summed E-state index contributed by atoms with van der Waals surface area (Å²) in [6.45, 7) is 9.10. The zero-order valence-corrected chi connectivity index (χ0v) is 16.4. The summed E-state index contributed by atoms with van der Waals surface area (Å²) in [6.07, 6.45) is 5.79. The van der Waals surface area contributed by atoms with Gasteiger partial charge in [-0.2, -0.15) is 0 Å². The quantitative estimate of drug-likeness (QED) is 0.830. The van der Waals surface area contributed by atoms with E-state index in [1.807, 2.05) is 0 Å². The third kappa shape index (κ3) is 4.96. The fourth-order valence-electron chi connectivity index (χ4n) is 3.88. The zero-order valence-electron chi connectivity index (χ0n) is 15.6. The molecule has 1 aromatic heterocycles.